The average molecular weight is 515 g/mol. The van der Waals surface area contributed by atoms with Gasteiger partial charge in [0.25, 0.3) is 0 Å². The maximum atomic E-state index is 13.7. The van der Waals surface area contributed by atoms with Gasteiger partial charge in [0.2, 0.25) is 11.8 Å². The van der Waals surface area contributed by atoms with E-state index in [4.69, 9.17) is 16.3 Å². The molecule has 7 nitrogen and oxygen atoms in total. The Bertz CT molecular complexity index is 1340. The van der Waals surface area contributed by atoms with Crippen molar-refractivity contribution >= 4 is 58.2 Å². The summed E-state index contributed by atoms with van der Waals surface area (Å²) in [5, 5.41) is 0.308. The number of rotatable bonds is 5. The molecule has 2 aliphatic rings. The number of fused-ring (bicyclic) bond motifs is 2. The van der Waals surface area contributed by atoms with Gasteiger partial charge in [0.1, 0.15) is 11.8 Å². The highest BCUT2D eigenvalue weighted by Gasteiger charge is 2.56. The summed E-state index contributed by atoms with van der Waals surface area (Å²) in [6.07, 6.45) is 0. The topological polar surface area (TPSA) is 85.7 Å². The van der Waals surface area contributed by atoms with Crippen LogP contribution in [0.25, 0.3) is 0 Å². The van der Waals surface area contributed by atoms with E-state index in [9.17, 15) is 19.2 Å². The van der Waals surface area contributed by atoms with Gasteiger partial charge >= 0.3 is 10.8 Å². The standard InChI is InChI=1S/C24H19ClN2O5S2/c1-2-32-16(28)12-26-23-20(34-24(26)31)17(13-6-4-3-5-7-13)18-19(33-23)22(30)27(21(18)29)15-10-8-14(25)9-11-15/h3-11,17-19H,2,12H2,1H3/t17-,18?,19?/m1/s1. The van der Waals surface area contributed by atoms with Crippen LogP contribution in [-0.2, 0) is 25.7 Å². The summed E-state index contributed by atoms with van der Waals surface area (Å²) in [7, 11) is 0. The van der Waals surface area contributed by atoms with E-state index in [0.717, 1.165) is 16.9 Å². The van der Waals surface area contributed by atoms with Gasteiger partial charge < -0.3 is 4.74 Å². The van der Waals surface area contributed by atoms with E-state index in [1.54, 1.807) is 31.2 Å². The first kappa shape index (κ1) is 22.9. The van der Waals surface area contributed by atoms with Crippen LogP contribution in [0.1, 0.15) is 23.3 Å². The Morgan fingerprint density at radius 3 is 2.41 bits per heavy atom. The molecule has 0 N–H and O–H groups in total. The van der Waals surface area contributed by atoms with Crippen molar-refractivity contribution in [3.05, 3.63) is 79.7 Å². The minimum absolute atomic E-state index is 0.202. The molecule has 5 rings (SSSR count). The highest BCUT2D eigenvalue weighted by molar-refractivity contribution is 8.00. The summed E-state index contributed by atoms with van der Waals surface area (Å²) in [5.74, 6) is -2.37. The maximum Gasteiger partial charge on any atom is 0.326 e. The SMILES string of the molecule is CCOC(=O)Cn1c2c(sc1=O)[C@H](c1ccccc1)C1C(=O)N(c3ccc(Cl)cc3)C(=O)C1S2. The number of ether oxygens (including phenoxy) is 1. The summed E-state index contributed by atoms with van der Waals surface area (Å²) in [5.41, 5.74) is 1.29. The molecule has 1 fully saturated rings. The maximum absolute atomic E-state index is 13.7. The van der Waals surface area contributed by atoms with Gasteiger partial charge in [-0.05, 0) is 36.8 Å². The van der Waals surface area contributed by atoms with Gasteiger partial charge in [-0.1, -0.05) is 65.0 Å². The molecule has 34 heavy (non-hydrogen) atoms. The zero-order chi connectivity index (χ0) is 24.0. The van der Waals surface area contributed by atoms with E-state index >= 15 is 0 Å². The second-order valence-corrected chi connectivity index (χ2v) is 10.4. The van der Waals surface area contributed by atoms with E-state index in [2.05, 4.69) is 0 Å². The number of anilines is 1. The lowest BCUT2D eigenvalue weighted by Gasteiger charge is -2.30. The Hall–Kier alpha value is -2.88. The minimum atomic E-state index is -0.733. The first-order valence-corrected chi connectivity index (χ1v) is 12.7. The smallest absolute Gasteiger partial charge is 0.326 e. The van der Waals surface area contributed by atoms with Crippen LogP contribution in [0.15, 0.2) is 64.4 Å². The number of carbonyl (C=O) groups excluding carboxylic acids is 3. The third-order valence-electron chi connectivity index (χ3n) is 5.89. The molecule has 2 aromatic carbocycles. The lowest BCUT2D eigenvalue weighted by atomic mass is 9.83. The van der Waals surface area contributed by atoms with E-state index in [0.29, 0.717) is 20.6 Å². The summed E-state index contributed by atoms with van der Waals surface area (Å²) in [4.78, 5) is 53.9. The van der Waals surface area contributed by atoms with Gasteiger partial charge in [0.15, 0.2) is 0 Å². The number of hydrogen-bond acceptors (Lipinski definition) is 7. The molecule has 10 heteroatoms. The Kier molecular flexibility index (Phi) is 6.09. The summed E-state index contributed by atoms with van der Waals surface area (Å²) in [6.45, 7) is 1.66. The third-order valence-corrected chi connectivity index (χ3v) is 8.74. The van der Waals surface area contributed by atoms with E-state index < -0.39 is 23.1 Å². The van der Waals surface area contributed by atoms with Gasteiger partial charge in [0, 0.05) is 15.8 Å². The lowest BCUT2D eigenvalue weighted by Crippen LogP contribution is -2.32. The van der Waals surface area contributed by atoms with Crippen LogP contribution < -0.4 is 9.77 Å². The predicted octanol–water partition coefficient (Wildman–Crippen LogP) is 3.92. The Balaban J connectivity index is 1.63. The van der Waals surface area contributed by atoms with Crippen LogP contribution in [0, 0.1) is 5.92 Å². The Morgan fingerprint density at radius 1 is 1.03 bits per heavy atom. The second-order valence-electron chi connectivity index (χ2n) is 7.87. The van der Waals surface area contributed by atoms with Crippen molar-refractivity contribution in [2.45, 2.75) is 29.7 Å². The highest BCUT2D eigenvalue weighted by atomic mass is 35.5. The van der Waals surface area contributed by atoms with E-state index in [-0.39, 0.29) is 29.8 Å². The molecule has 3 aromatic rings. The van der Waals surface area contributed by atoms with Gasteiger partial charge in [-0.15, -0.1) is 0 Å². The number of halogens is 1. The number of benzene rings is 2. The number of thioether (sulfide) groups is 1. The van der Waals surface area contributed by atoms with Crippen LogP contribution in [0.5, 0.6) is 0 Å². The number of nitrogens with zero attached hydrogens (tertiary/aromatic N) is 2. The highest BCUT2D eigenvalue weighted by Crippen LogP contribution is 2.53. The zero-order valence-corrected chi connectivity index (χ0v) is 20.4. The van der Waals surface area contributed by atoms with Crippen LogP contribution in [0.3, 0.4) is 0 Å². The summed E-state index contributed by atoms with van der Waals surface area (Å²) >= 11 is 8.18. The Morgan fingerprint density at radius 2 is 1.74 bits per heavy atom. The first-order chi connectivity index (χ1) is 16.4. The molecule has 1 aromatic heterocycles. The summed E-state index contributed by atoms with van der Waals surface area (Å²) < 4.78 is 6.40. The van der Waals surface area contributed by atoms with Crippen LogP contribution in [0.4, 0.5) is 5.69 Å². The molecule has 0 bridgehead atoms. The molecular weight excluding hydrogens is 496 g/mol. The van der Waals surface area contributed by atoms with Crippen molar-refractivity contribution in [2.75, 3.05) is 11.5 Å². The fraction of sp³-hybridized carbons (Fsp3) is 0.250. The van der Waals surface area contributed by atoms with Crippen molar-refractivity contribution in [1.82, 2.24) is 4.57 Å². The molecule has 1 saturated heterocycles. The molecule has 2 aliphatic heterocycles. The number of carbonyl (C=O) groups is 3. The monoisotopic (exact) mass is 514 g/mol. The van der Waals surface area contributed by atoms with Gasteiger partial charge in [-0.2, -0.15) is 0 Å². The number of imide groups is 1. The molecule has 174 valence electrons. The molecule has 0 radical (unpaired) electrons. The van der Waals surface area contributed by atoms with E-state index in [1.165, 1.54) is 21.2 Å². The second kappa shape index (κ2) is 9.05. The third kappa shape index (κ3) is 3.77. The zero-order valence-electron chi connectivity index (χ0n) is 18.0. The van der Waals surface area contributed by atoms with Gasteiger partial charge in [0.05, 0.1) is 23.2 Å². The average Bonchev–Trinajstić information content (AvgIpc) is 3.27. The molecule has 0 saturated carbocycles. The quantitative estimate of drug-likeness (QED) is 0.379. The number of thiazole rings is 1. The number of hydrogen-bond donors (Lipinski definition) is 0. The van der Waals surface area contributed by atoms with E-state index in [1.807, 2.05) is 30.3 Å². The van der Waals surface area contributed by atoms with Crippen LogP contribution >= 0.6 is 34.7 Å². The molecular formula is C24H19ClN2O5S2. The largest absolute Gasteiger partial charge is 0.465 e. The van der Waals surface area contributed by atoms with Crippen molar-refractivity contribution in [3.63, 3.8) is 0 Å². The molecule has 2 amide bonds. The fourth-order valence-electron chi connectivity index (χ4n) is 4.46. The van der Waals surface area contributed by atoms with Crippen molar-refractivity contribution < 1.29 is 19.1 Å². The summed E-state index contributed by atoms with van der Waals surface area (Å²) in [6, 6.07) is 15.9. The molecule has 3 atom stereocenters. The van der Waals surface area contributed by atoms with Crippen LogP contribution in [-0.4, -0.2) is 34.2 Å². The minimum Gasteiger partial charge on any atom is -0.465 e. The number of amides is 2. The lowest BCUT2D eigenvalue weighted by molar-refractivity contribution is -0.144. The molecule has 0 spiro atoms. The van der Waals surface area contributed by atoms with Gasteiger partial charge in [-0.25, -0.2) is 4.90 Å². The number of aromatic nitrogens is 1. The normalized spacial score (nSPS) is 21.4. The number of esters is 1. The van der Waals surface area contributed by atoms with Crippen molar-refractivity contribution in [3.8, 4) is 0 Å². The Labute approximate surface area is 208 Å². The van der Waals surface area contributed by atoms with Crippen LogP contribution in [0.2, 0.25) is 5.02 Å². The van der Waals surface area contributed by atoms with Crippen molar-refractivity contribution in [2.24, 2.45) is 5.92 Å². The molecule has 3 heterocycles. The van der Waals surface area contributed by atoms with Crippen molar-refractivity contribution in [1.29, 1.82) is 0 Å². The predicted molar refractivity (Wildman–Crippen MR) is 131 cm³/mol. The first-order valence-electron chi connectivity index (χ1n) is 10.6. The van der Waals surface area contributed by atoms with Gasteiger partial charge in [-0.3, -0.25) is 23.7 Å². The fourth-order valence-corrected chi connectivity index (χ4v) is 7.35. The molecule has 2 unspecified atom stereocenters. The molecule has 0 aliphatic carbocycles.